The van der Waals surface area contributed by atoms with Crippen molar-refractivity contribution in [2.75, 3.05) is 4.90 Å². The lowest BCUT2D eigenvalue weighted by Gasteiger charge is -2.26. The van der Waals surface area contributed by atoms with Crippen molar-refractivity contribution in [1.82, 2.24) is 0 Å². The minimum Gasteiger partial charge on any atom is -0.456 e. The summed E-state index contributed by atoms with van der Waals surface area (Å²) in [4.78, 5) is 2.26. The number of anilines is 2. The third-order valence-electron chi connectivity index (χ3n) is 5.67. The normalized spacial score (nSPS) is 13.2. The van der Waals surface area contributed by atoms with Crippen LogP contribution >= 0.6 is 0 Å². The maximum absolute atomic E-state index is 6.26. The largest absolute Gasteiger partial charge is 0.456 e. The number of hydrogen-bond acceptors (Lipinski definition) is 2. The monoisotopic (exact) mass is 431 g/mol. The molecule has 0 spiro atoms. The fourth-order valence-electron chi connectivity index (χ4n) is 4.17. The van der Waals surface area contributed by atoms with E-state index < -0.39 is 0 Å². The van der Waals surface area contributed by atoms with E-state index in [1.165, 1.54) is 0 Å². The van der Waals surface area contributed by atoms with Gasteiger partial charge in [0.15, 0.2) is 0 Å². The van der Waals surface area contributed by atoms with Crippen molar-refractivity contribution in [3.05, 3.63) is 120 Å². The van der Waals surface area contributed by atoms with Crippen LogP contribution < -0.4 is 15.5 Å². The Hall–Kier alpha value is -4.04. The minimum atomic E-state index is 0.869. The van der Waals surface area contributed by atoms with Crippen LogP contribution in [0.15, 0.2) is 114 Å². The molecular formula is C31H29NO. The molecule has 0 fully saturated rings. The predicted molar refractivity (Wildman–Crippen MR) is 143 cm³/mol. The van der Waals surface area contributed by atoms with Gasteiger partial charge in [-0.1, -0.05) is 79.4 Å². The lowest BCUT2D eigenvalue weighted by molar-refractivity contribution is 0.576. The fourth-order valence-corrected chi connectivity index (χ4v) is 4.17. The van der Waals surface area contributed by atoms with Crippen molar-refractivity contribution in [2.45, 2.75) is 20.8 Å². The molecule has 0 aliphatic rings. The van der Waals surface area contributed by atoms with E-state index >= 15 is 0 Å². The molecule has 0 saturated carbocycles. The molecule has 4 aromatic rings. The summed E-state index contributed by atoms with van der Waals surface area (Å²) in [5, 5.41) is 2.17. The molecular weight excluding hydrogens is 402 g/mol. The van der Waals surface area contributed by atoms with Crippen LogP contribution in [0.2, 0.25) is 0 Å². The quantitative estimate of drug-likeness (QED) is 0.294. The Morgan fingerprint density at radius 1 is 0.848 bits per heavy atom. The van der Waals surface area contributed by atoms with Gasteiger partial charge in [-0.25, -0.2) is 0 Å². The molecule has 1 aromatic heterocycles. The molecule has 0 amide bonds. The van der Waals surface area contributed by atoms with Crippen LogP contribution in [0.3, 0.4) is 0 Å². The lowest BCUT2D eigenvalue weighted by atomic mass is 10.0. The Bertz CT molecular complexity index is 1430. The fraction of sp³-hybridized carbons (Fsp3) is 0.0968. The van der Waals surface area contributed by atoms with Crippen molar-refractivity contribution in [2.24, 2.45) is 0 Å². The van der Waals surface area contributed by atoms with Gasteiger partial charge in [0.05, 0.1) is 0 Å². The zero-order chi connectivity index (χ0) is 23.2. The Balaban J connectivity index is 1.84. The van der Waals surface area contributed by atoms with Crippen molar-refractivity contribution in [1.29, 1.82) is 0 Å². The van der Waals surface area contributed by atoms with Crippen molar-refractivity contribution in [3.63, 3.8) is 0 Å². The first-order valence-electron chi connectivity index (χ1n) is 11.3. The Labute approximate surface area is 195 Å². The van der Waals surface area contributed by atoms with Crippen LogP contribution in [0.4, 0.5) is 11.4 Å². The summed E-state index contributed by atoms with van der Waals surface area (Å²) in [6.07, 6.45) is 12.1. The molecule has 0 radical (unpaired) electrons. The van der Waals surface area contributed by atoms with Crippen molar-refractivity contribution < 1.29 is 4.42 Å². The number of rotatable bonds is 6. The summed E-state index contributed by atoms with van der Waals surface area (Å²) in [6, 6.07) is 25.4. The Morgan fingerprint density at radius 3 is 2.21 bits per heavy atom. The number of allylic oxidation sites excluding steroid dienone is 4. The van der Waals surface area contributed by atoms with Crippen molar-refractivity contribution >= 4 is 34.5 Å². The number of hydrogen-bond donors (Lipinski definition) is 0. The Kier molecular flexibility index (Phi) is 6.75. The minimum absolute atomic E-state index is 0.869. The number of nitrogens with zero attached hydrogens (tertiary/aromatic N) is 1. The average molecular weight is 432 g/mol. The molecule has 2 nitrogen and oxygen atoms in total. The summed E-state index contributed by atoms with van der Waals surface area (Å²) >= 11 is 0. The molecule has 0 aliphatic carbocycles. The molecule has 0 atom stereocenters. The summed E-state index contributed by atoms with van der Waals surface area (Å²) in [5.74, 6) is 0. The first-order valence-corrected chi connectivity index (χ1v) is 11.3. The SMILES string of the molecule is C=CC=c1c(=CC)oc2c(-c3ccc(N(C(C=CC)=CC)c4ccccc4)cc3)cccc12. The summed E-state index contributed by atoms with van der Waals surface area (Å²) in [7, 11) is 0. The molecule has 0 N–H and O–H groups in total. The van der Waals surface area contributed by atoms with E-state index in [1.807, 2.05) is 32.1 Å². The van der Waals surface area contributed by atoms with E-state index in [2.05, 4.69) is 103 Å². The standard InChI is InChI=1S/C31H29NO/c1-5-13-24(7-3)32(25-15-10-9-11-16-25)26-21-19-23(20-22-26)27-17-12-18-29-28(14-6-2)30(8-4)33-31(27)29/h5-22H,2H2,1,3-4H3. The van der Waals surface area contributed by atoms with Gasteiger partial charge in [-0.15, -0.1) is 0 Å². The molecule has 0 bridgehead atoms. The third-order valence-corrected chi connectivity index (χ3v) is 5.67. The summed E-state index contributed by atoms with van der Waals surface area (Å²) in [5.41, 5.74) is 7.31. The number of para-hydroxylation sites is 2. The second-order valence-corrected chi connectivity index (χ2v) is 7.68. The van der Waals surface area contributed by atoms with Gasteiger partial charge in [0, 0.05) is 33.2 Å². The summed E-state index contributed by atoms with van der Waals surface area (Å²) < 4.78 is 6.26. The third kappa shape index (κ3) is 4.33. The van der Waals surface area contributed by atoms with E-state index in [-0.39, 0.29) is 0 Å². The number of fused-ring (bicyclic) bond motifs is 1. The van der Waals surface area contributed by atoms with Gasteiger partial charge >= 0.3 is 0 Å². The molecule has 0 aliphatic heterocycles. The van der Waals surface area contributed by atoms with E-state index in [1.54, 1.807) is 6.08 Å². The molecule has 164 valence electrons. The highest BCUT2D eigenvalue weighted by Crippen LogP contribution is 2.33. The van der Waals surface area contributed by atoms with Crippen LogP contribution in [0.5, 0.6) is 0 Å². The topological polar surface area (TPSA) is 16.4 Å². The second kappa shape index (κ2) is 10.1. The number of furan rings is 1. The van der Waals surface area contributed by atoms with Crippen LogP contribution in [-0.2, 0) is 0 Å². The maximum atomic E-state index is 6.26. The highest BCUT2D eigenvalue weighted by atomic mass is 16.3. The van der Waals surface area contributed by atoms with Gasteiger partial charge in [0.2, 0.25) is 0 Å². The smallest absolute Gasteiger partial charge is 0.143 e. The highest BCUT2D eigenvalue weighted by molar-refractivity contribution is 5.93. The molecule has 0 saturated heterocycles. The predicted octanol–water partition coefficient (Wildman–Crippen LogP) is 7.48. The molecule has 2 heteroatoms. The van der Waals surface area contributed by atoms with Gasteiger partial charge in [0.1, 0.15) is 11.0 Å². The molecule has 3 aromatic carbocycles. The second-order valence-electron chi connectivity index (χ2n) is 7.68. The zero-order valence-electron chi connectivity index (χ0n) is 19.5. The zero-order valence-corrected chi connectivity index (χ0v) is 19.5. The van der Waals surface area contributed by atoms with E-state index in [9.17, 15) is 0 Å². The Morgan fingerprint density at radius 2 is 1.58 bits per heavy atom. The molecule has 0 unspecified atom stereocenters. The number of benzene rings is 3. The van der Waals surface area contributed by atoms with Crippen LogP contribution in [0, 0.1) is 0 Å². The maximum Gasteiger partial charge on any atom is 0.143 e. The van der Waals surface area contributed by atoms with E-state index in [0.717, 1.165) is 49.8 Å². The first-order chi connectivity index (χ1) is 16.2. The van der Waals surface area contributed by atoms with Gasteiger partial charge in [-0.3, -0.25) is 0 Å². The lowest BCUT2D eigenvalue weighted by Crippen LogP contribution is -2.18. The highest BCUT2D eigenvalue weighted by Gasteiger charge is 2.14. The molecule has 4 rings (SSSR count). The molecule has 33 heavy (non-hydrogen) atoms. The average Bonchev–Trinajstić information content (AvgIpc) is 3.23. The van der Waals surface area contributed by atoms with Gasteiger partial charge < -0.3 is 9.32 Å². The van der Waals surface area contributed by atoms with Gasteiger partial charge in [-0.05, 0) is 62.8 Å². The van der Waals surface area contributed by atoms with E-state index in [0.29, 0.717) is 0 Å². The molecule has 1 heterocycles. The van der Waals surface area contributed by atoms with Gasteiger partial charge in [0.25, 0.3) is 0 Å². The van der Waals surface area contributed by atoms with Crippen LogP contribution in [0.25, 0.3) is 34.2 Å². The van der Waals surface area contributed by atoms with Crippen molar-refractivity contribution in [3.8, 4) is 11.1 Å². The first kappa shape index (κ1) is 22.2. The van der Waals surface area contributed by atoms with Crippen LogP contribution in [0.1, 0.15) is 20.8 Å². The van der Waals surface area contributed by atoms with E-state index in [4.69, 9.17) is 4.42 Å². The van der Waals surface area contributed by atoms with Gasteiger partial charge in [-0.2, -0.15) is 0 Å². The summed E-state index contributed by atoms with van der Waals surface area (Å²) in [6.45, 7) is 9.96. The van der Waals surface area contributed by atoms with Crippen LogP contribution in [-0.4, -0.2) is 0 Å².